The van der Waals surface area contributed by atoms with Crippen molar-refractivity contribution in [1.29, 1.82) is 0 Å². The van der Waals surface area contributed by atoms with Crippen molar-refractivity contribution in [2.45, 2.75) is 12.8 Å². The van der Waals surface area contributed by atoms with E-state index in [0.717, 1.165) is 28.9 Å². The molecule has 2 aromatic carbocycles. The van der Waals surface area contributed by atoms with Gasteiger partial charge in [0.25, 0.3) is 5.91 Å². The number of carbonyl (C=O) groups is 2. The summed E-state index contributed by atoms with van der Waals surface area (Å²) in [6.07, 6.45) is 1.46. The number of hydrogen-bond donors (Lipinski definition) is 1. The number of halogens is 1. The third kappa shape index (κ3) is 3.23. The van der Waals surface area contributed by atoms with Gasteiger partial charge in [-0.2, -0.15) is 0 Å². The van der Waals surface area contributed by atoms with E-state index in [9.17, 15) is 9.59 Å². The number of rotatable bonds is 3. The van der Waals surface area contributed by atoms with Crippen LogP contribution in [0.5, 0.6) is 0 Å². The summed E-state index contributed by atoms with van der Waals surface area (Å²) in [5.74, 6) is -0.102. The first-order valence-electron chi connectivity index (χ1n) is 7.88. The SMILES string of the molecule is O=C(Nc1nc2ccc(Cl)cc2s1)c1ccc(N2CCCC2=O)cc1. The Hall–Kier alpha value is -2.44. The van der Waals surface area contributed by atoms with E-state index in [-0.39, 0.29) is 11.8 Å². The molecule has 1 N–H and O–H groups in total. The van der Waals surface area contributed by atoms with Gasteiger partial charge in [0.1, 0.15) is 0 Å². The molecule has 0 unspecified atom stereocenters. The molecule has 3 aromatic rings. The highest BCUT2D eigenvalue weighted by Crippen LogP contribution is 2.29. The van der Waals surface area contributed by atoms with Crippen molar-refractivity contribution >= 4 is 55.8 Å². The number of anilines is 2. The van der Waals surface area contributed by atoms with Crippen LogP contribution < -0.4 is 10.2 Å². The van der Waals surface area contributed by atoms with Crippen molar-refractivity contribution in [3.8, 4) is 0 Å². The molecule has 5 nitrogen and oxygen atoms in total. The Morgan fingerprint density at radius 3 is 2.72 bits per heavy atom. The summed E-state index contributed by atoms with van der Waals surface area (Å²) >= 11 is 7.35. The average Bonchev–Trinajstić information content (AvgIpc) is 3.20. The first-order chi connectivity index (χ1) is 12.1. The van der Waals surface area contributed by atoms with E-state index in [0.29, 0.717) is 22.1 Å². The Morgan fingerprint density at radius 1 is 1.20 bits per heavy atom. The quantitative estimate of drug-likeness (QED) is 0.745. The van der Waals surface area contributed by atoms with Crippen LogP contribution in [0, 0.1) is 0 Å². The summed E-state index contributed by atoms with van der Waals surface area (Å²) in [5, 5.41) is 3.98. The van der Waals surface area contributed by atoms with Gasteiger partial charge >= 0.3 is 0 Å². The highest BCUT2D eigenvalue weighted by molar-refractivity contribution is 7.22. The van der Waals surface area contributed by atoms with Crippen LogP contribution in [0.1, 0.15) is 23.2 Å². The average molecular weight is 372 g/mol. The van der Waals surface area contributed by atoms with Gasteiger partial charge in [0.15, 0.2) is 5.13 Å². The van der Waals surface area contributed by atoms with Crippen LogP contribution in [0.2, 0.25) is 5.02 Å². The van der Waals surface area contributed by atoms with Crippen LogP contribution in [0.25, 0.3) is 10.2 Å². The number of benzene rings is 2. The molecule has 0 atom stereocenters. The Kier molecular flexibility index (Phi) is 4.15. The van der Waals surface area contributed by atoms with Crippen molar-refractivity contribution in [2.75, 3.05) is 16.8 Å². The number of nitrogens with one attached hydrogen (secondary N) is 1. The van der Waals surface area contributed by atoms with Crippen LogP contribution in [-0.2, 0) is 4.79 Å². The molecule has 0 spiro atoms. The minimum atomic E-state index is -0.232. The minimum Gasteiger partial charge on any atom is -0.312 e. The molecule has 7 heteroatoms. The fourth-order valence-corrected chi connectivity index (χ4v) is 3.97. The highest BCUT2D eigenvalue weighted by Gasteiger charge is 2.21. The number of carbonyl (C=O) groups excluding carboxylic acids is 2. The molecule has 126 valence electrons. The topological polar surface area (TPSA) is 62.3 Å². The third-order valence-corrected chi connectivity index (χ3v) is 5.25. The summed E-state index contributed by atoms with van der Waals surface area (Å²) < 4.78 is 0.922. The highest BCUT2D eigenvalue weighted by atomic mass is 35.5. The molecule has 0 saturated carbocycles. The van der Waals surface area contributed by atoms with Crippen LogP contribution in [0.3, 0.4) is 0 Å². The van der Waals surface area contributed by atoms with Crippen molar-refractivity contribution in [3.05, 3.63) is 53.1 Å². The van der Waals surface area contributed by atoms with Crippen molar-refractivity contribution in [2.24, 2.45) is 0 Å². The molecule has 25 heavy (non-hydrogen) atoms. The number of thiazole rings is 1. The second-order valence-electron chi connectivity index (χ2n) is 5.78. The molecule has 1 fully saturated rings. The van der Waals surface area contributed by atoms with Crippen LogP contribution in [-0.4, -0.2) is 23.3 Å². The molecule has 0 radical (unpaired) electrons. The first kappa shape index (κ1) is 16.1. The number of aromatic nitrogens is 1. The van der Waals surface area contributed by atoms with Crippen molar-refractivity contribution < 1.29 is 9.59 Å². The summed E-state index contributed by atoms with van der Waals surface area (Å²) in [7, 11) is 0. The second-order valence-corrected chi connectivity index (χ2v) is 7.25. The second kappa shape index (κ2) is 6.46. The summed E-state index contributed by atoms with van der Waals surface area (Å²) in [4.78, 5) is 30.3. The molecule has 0 aliphatic carbocycles. The van der Waals surface area contributed by atoms with Gasteiger partial charge in [0.05, 0.1) is 10.2 Å². The van der Waals surface area contributed by atoms with Gasteiger partial charge in [-0.1, -0.05) is 22.9 Å². The number of amides is 2. The molecule has 1 saturated heterocycles. The minimum absolute atomic E-state index is 0.130. The fraction of sp³-hybridized carbons (Fsp3) is 0.167. The smallest absolute Gasteiger partial charge is 0.257 e. The van der Waals surface area contributed by atoms with Gasteiger partial charge in [0, 0.05) is 29.2 Å². The number of nitrogens with zero attached hydrogens (tertiary/aromatic N) is 2. The Labute approximate surface area is 153 Å². The zero-order chi connectivity index (χ0) is 17.4. The monoisotopic (exact) mass is 371 g/mol. The first-order valence-corrected chi connectivity index (χ1v) is 9.07. The number of hydrogen-bond acceptors (Lipinski definition) is 4. The van der Waals surface area contributed by atoms with Crippen LogP contribution in [0.4, 0.5) is 10.8 Å². The molecule has 4 rings (SSSR count). The maximum atomic E-state index is 12.4. The lowest BCUT2D eigenvalue weighted by Gasteiger charge is -2.15. The lowest BCUT2D eigenvalue weighted by molar-refractivity contribution is -0.117. The van der Waals surface area contributed by atoms with Crippen molar-refractivity contribution in [1.82, 2.24) is 4.98 Å². The standard InChI is InChI=1S/C18H14ClN3O2S/c19-12-5-8-14-15(10-12)25-18(20-14)21-17(24)11-3-6-13(7-4-11)22-9-1-2-16(22)23/h3-8,10H,1-2,9H2,(H,20,21,24). The van der Waals surface area contributed by atoms with E-state index in [2.05, 4.69) is 10.3 Å². The van der Waals surface area contributed by atoms with Gasteiger partial charge in [-0.05, 0) is 48.9 Å². The van der Waals surface area contributed by atoms with Crippen LogP contribution >= 0.6 is 22.9 Å². The van der Waals surface area contributed by atoms with E-state index < -0.39 is 0 Å². The third-order valence-electron chi connectivity index (χ3n) is 4.09. The van der Waals surface area contributed by atoms with E-state index in [4.69, 9.17) is 11.6 Å². The van der Waals surface area contributed by atoms with E-state index in [1.54, 1.807) is 35.2 Å². The summed E-state index contributed by atoms with van der Waals surface area (Å²) in [5.41, 5.74) is 2.15. The number of fused-ring (bicyclic) bond motifs is 1. The van der Waals surface area contributed by atoms with Gasteiger partial charge in [-0.25, -0.2) is 4.98 Å². The summed E-state index contributed by atoms with van der Waals surface area (Å²) in [6.45, 7) is 0.735. The lowest BCUT2D eigenvalue weighted by Crippen LogP contribution is -2.23. The summed E-state index contributed by atoms with van der Waals surface area (Å²) in [6, 6.07) is 12.5. The van der Waals surface area contributed by atoms with Gasteiger partial charge in [0.2, 0.25) is 5.91 Å². The van der Waals surface area contributed by atoms with Gasteiger partial charge in [-0.3, -0.25) is 14.9 Å². The normalized spacial score (nSPS) is 14.3. The Morgan fingerprint density at radius 2 is 2.00 bits per heavy atom. The Bertz CT molecular complexity index is 968. The molecule has 1 aromatic heterocycles. The van der Waals surface area contributed by atoms with E-state index in [1.807, 2.05) is 12.1 Å². The maximum Gasteiger partial charge on any atom is 0.257 e. The van der Waals surface area contributed by atoms with E-state index >= 15 is 0 Å². The molecular weight excluding hydrogens is 358 g/mol. The predicted octanol–water partition coefficient (Wildman–Crippen LogP) is 4.33. The lowest BCUT2D eigenvalue weighted by atomic mass is 10.2. The zero-order valence-electron chi connectivity index (χ0n) is 13.2. The van der Waals surface area contributed by atoms with Gasteiger partial charge in [-0.15, -0.1) is 0 Å². The molecular formula is C18H14ClN3O2S. The van der Waals surface area contributed by atoms with E-state index in [1.165, 1.54) is 11.3 Å². The Balaban J connectivity index is 1.51. The molecule has 1 aliphatic heterocycles. The molecule has 0 bridgehead atoms. The maximum absolute atomic E-state index is 12.4. The van der Waals surface area contributed by atoms with Crippen molar-refractivity contribution in [3.63, 3.8) is 0 Å². The largest absolute Gasteiger partial charge is 0.312 e. The van der Waals surface area contributed by atoms with Crippen LogP contribution in [0.15, 0.2) is 42.5 Å². The predicted molar refractivity (Wildman–Crippen MR) is 101 cm³/mol. The molecule has 1 aliphatic rings. The molecule has 2 amide bonds. The zero-order valence-corrected chi connectivity index (χ0v) is 14.7. The van der Waals surface area contributed by atoms with Gasteiger partial charge < -0.3 is 4.90 Å². The fourth-order valence-electron chi connectivity index (χ4n) is 2.84. The molecule has 2 heterocycles.